The summed E-state index contributed by atoms with van der Waals surface area (Å²) in [6.45, 7) is 5.94. The molecule has 0 atom stereocenters. The van der Waals surface area contributed by atoms with Crippen LogP contribution in [0.2, 0.25) is 0 Å². The highest BCUT2D eigenvalue weighted by Crippen LogP contribution is 2.29. The van der Waals surface area contributed by atoms with Crippen LogP contribution in [0, 0.1) is 6.92 Å². The molecule has 0 fully saturated rings. The van der Waals surface area contributed by atoms with Crippen LogP contribution in [0.3, 0.4) is 0 Å². The van der Waals surface area contributed by atoms with Crippen molar-refractivity contribution >= 4 is 17.7 Å². The molecule has 1 aromatic heterocycles. The van der Waals surface area contributed by atoms with Gasteiger partial charge in [0.05, 0.1) is 12.9 Å². The monoisotopic (exact) mass is 396 g/mol. The van der Waals surface area contributed by atoms with Gasteiger partial charge in [0.25, 0.3) is 0 Å². The maximum atomic E-state index is 12.1. The van der Waals surface area contributed by atoms with E-state index in [0.29, 0.717) is 5.16 Å². The number of aryl methyl sites for hydroxylation is 1. The lowest BCUT2D eigenvalue weighted by Gasteiger charge is -2.12. The molecule has 0 aliphatic heterocycles. The Morgan fingerprint density at radius 3 is 2.39 bits per heavy atom. The summed E-state index contributed by atoms with van der Waals surface area (Å²) in [4.78, 5) is 12.1. The lowest BCUT2D eigenvalue weighted by molar-refractivity contribution is -0.119. The van der Waals surface area contributed by atoms with E-state index < -0.39 is 0 Å². The molecule has 146 valence electrons. The van der Waals surface area contributed by atoms with E-state index in [1.807, 2.05) is 73.9 Å². The van der Waals surface area contributed by atoms with Crippen molar-refractivity contribution in [1.29, 1.82) is 0 Å². The molecule has 7 heteroatoms. The molecule has 2 aromatic carbocycles. The highest BCUT2D eigenvalue weighted by atomic mass is 32.2. The molecule has 0 aliphatic carbocycles. The normalized spacial score (nSPS) is 10.9. The van der Waals surface area contributed by atoms with Crippen molar-refractivity contribution < 1.29 is 9.53 Å². The molecule has 0 unspecified atom stereocenters. The number of ether oxygens (including phenoxy) is 1. The first kappa shape index (κ1) is 19.9. The topological polar surface area (TPSA) is 69.0 Å². The third-order valence-corrected chi connectivity index (χ3v) is 4.98. The van der Waals surface area contributed by atoms with Crippen LogP contribution in [0.1, 0.15) is 19.4 Å². The van der Waals surface area contributed by atoms with Crippen molar-refractivity contribution in [2.75, 3.05) is 12.9 Å². The number of carbonyl (C=O) groups is 1. The number of amides is 1. The largest absolute Gasteiger partial charge is 0.497 e. The van der Waals surface area contributed by atoms with Gasteiger partial charge in [-0.1, -0.05) is 29.5 Å². The van der Waals surface area contributed by atoms with Crippen LogP contribution in [-0.4, -0.2) is 39.6 Å². The molecule has 3 aromatic rings. The Kier molecular flexibility index (Phi) is 6.36. The van der Waals surface area contributed by atoms with Gasteiger partial charge in [0.15, 0.2) is 11.0 Å². The zero-order valence-electron chi connectivity index (χ0n) is 16.5. The third-order valence-electron chi connectivity index (χ3n) is 4.06. The molecule has 1 N–H and O–H groups in total. The fourth-order valence-electron chi connectivity index (χ4n) is 2.71. The first-order chi connectivity index (χ1) is 13.5. The summed E-state index contributed by atoms with van der Waals surface area (Å²) in [5.74, 6) is 1.76. The van der Waals surface area contributed by atoms with Crippen LogP contribution >= 0.6 is 11.8 Å². The van der Waals surface area contributed by atoms with Gasteiger partial charge < -0.3 is 10.1 Å². The standard InChI is InChI=1S/C21H24N4O2S/c1-14(2)22-19(26)13-28-21-24-23-20(16-7-11-18(27-4)12-8-16)25(21)17-9-5-15(3)6-10-17/h5-12,14H,13H2,1-4H3,(H,22,26). The molecule has 3 rings (SSSR count). The van der Waals surface area contributed by atoms with Crippen molar-refractivity contribution in [2.24, 2.45) is 0 Å². The fourth-order valence-corrected chi connectivity index (χ4v) is 3.47. The SMILES string of the molecule is COc1ccc(-c2nnc(SCC(=O)NC(C)C)n2-c2ccc(C)cc2)cc1. The summed E-state index contributed by atoms with van der Waals surface area (Å²) in [7, 11) is 1.64. The molecule has 1 amide bonds. The van der Waals surface area contributed by atoms with E-state index in [0.717, 1.165) is 22.8 Å². The van der Waals surface area contributed by atoms with Gasteiger partial charge in [0.2, 0.25) is 5.91 Å². The average Bonchev–Trinajstić information content (AvgIpc) is 3.10. The minimum Gasteiger partial charge on any atom is -0.497 e. The number of methoxy groups -OCH3 is 1. The second-order valence-electron chi connectivity index (χ2n) is 6.72. The molecular formula is C21H24N4O2S. The molecule has 0 aliphatic rings. The van der Waals surface area contributed by atoms with Gasteiger partial charge in [-0.2, -0.15) is 0 Å². The summed E-state index contributed by atoms with van der Waals surface area (Å²) in [5, 5.41) is 12.3. The Morgan fingerprint density at radius 1 is 1.11 bits per heavy atom. The molecule has 0 saturated carbocycles. The van der Waals surface area contributed by atoms with E-state index in [1.165, 1.54) is 17.3 Å². The highest BCUT2D eigenvalue weighted by Gasteiger charge is 2.17. The number of benzene rings is 2. The molecule has 0 saturated heterocycles. The van der Waals surface area contributed by atoms with Crippen LogP contribution in [0.25, 0.3) is 17.1 Å². The van der Waals surface area contributed by atoms with Gasteiger partial charge in [-0.05, 0) is 57.2 Å². The van der Waals surface area contributed by atoms with Crippen molar-refractivity contribution in [1.82, 2.24) is 20.1 Å². The number of aromatic nitrogens is 3. The van der Waals surface area contributed by atoms with Gasteiger partial charge in [-0.25, -0.2) is 0 Å². The maximum absolute atomic E-state index is 12.1. The zero-order valence-corrected chi connectivity index (χ0v) is 17.3. The molecule has 0 bridgehead atoms. The Hall–Kier alpha value is -2.80. The van der Waals surface area contributed by atoms with Crippen LogP contribution in [-0.2, 0) is 4.79 Å². The first-order valence-corrected chi connectivity index (χ1v) is 10.1. The minimum absolute atomic E-state index is 0.0237. The van der Waals surface area contributed by atoms with Gasteiger partial charge in [-0.3, -0.25) is 9.36 Å². The second kappa shape index (κ2) is 8.93. The number of hydrogen-bond donors (Lipinski definition) is 1. The van der Waals surface area contributed by atoms with E-state index in [-0.39, 0.29) is 17.7 Å². The number of nitrogens with zero attached hydrogens (tertiary/aromatic N) is 3. The number of nitrogens with one attached hydrogen (secondary N) is 1. The summed E-state index contributed by atoms with van der Waals surface area (Å²) in [5.41, 5.74) is 3.05. The van der Waals surface area contributed by atoms with Crippen molar-refractivity contribution in [3.8, 4) is 22.8 Å². The first-order valence-electron chi connectivity index (χ1n) is 9.07. The second-order valence-corrected chi connectivity index (χ2v) is 7.66. The van der Waals surface area contributed by atoms with Crippen molar-refractivity contribution in [2.45, 2.75) is 32.0 Å². The van der Waals surface area contributed by atoms with Gasteiger partial charge in [0.1, 0.15) is 5.75 Å². The van der Waals surface area contributed by atoms with Crippen molar-refractivity contribution in [3.63, 3.8) is 0 Å². The molecule has 6 nitrogen and oxygen atoms in total. The van der Waals surface area contributed by atoms with E-state index >= 15 is 0 Å². The number of hydrogen-bond acceptors (Lipinski definition) is 5. The predicted molar refractivity (Wildman–Crippen MR) is 112 cm³/mol. The summed E-state index contributed by atoms with van der Waals surface area (Å²) in [6.07, 6.45) is 0. The van der Waals surface area contributed by atoms with Gasteiger partial charge in [-0.15, -0.1) is 10.2 Å². The smallest absolute Gasteiger partial charge is 0.230 e. The average molecular weight is 397 g/mol. The van der Waals surface area contributed by atoms with Crippen LogP contribution in [0.15, 0.2) is 53.7 Å². The van der Waals surface area contributed by atoms with E-state index in [4.69, 9.17) is 4.74 Å². The lowest BCUT2D eigenvalue weighted by atomic mass is 10.2. The highest BCUT2D eigenvalue weighted by molar-refractivity contribution is 7.99. The van der Waals surface area contributed by atoms with Crippen LogP contribution in [0.5, 0.6) is 5.75 Å². The Bertz CT molecular complexity index is 934. The summed E-state index contributed by atoms with van der Waals surface area (Å²) in [6, 6.07) is 16.0. The number of rotatable bonds is 7. The van der Waals surface area contributed by atoms with E-state index in [9.17, 15) is 4.79 Å². The van der Waals surface area contributed by atoms with E-state index in [1.54, 1.807) is 7.11 Å². The quantitative estimate of drug-likeness (QED) is 0.614. The van der Waals surface area contributed by atoms with Gasteiger partial charge in [0, 0.05) is 17.3 Å². The maximum Gasteiger partial charge on any atom is 0.230 e. The zero-order chi connectivity index (χ0) is 20.1. The number of thioether (sulfide) groups is 1. The molecule has 0 spiro atoms. The molecule has 28 heavy (non-hydrogen) atoms. The Balaban J connectivity index is 1.96. The predicted octanol–water partition coefficient (Wildman–Crippen LogP) is 3.87. The Morgan fingerprint density at radius 2 is 1.79 bits per heavy atom. The number of carbonyl (C=O) groups excluding carboxylic acids is 1. The Labute approximate surface area is 169 Å². The van der Waals surface area contributed by atoms with E-state index in [2.05, 4.69) is 15.5 Å². The summed E-state index contributed by atoms with van der Waals surface area (Å²) >= 11 is 1.37. The fraction of sp³-hybridized carbons (Fsp3) is 0.286. The minimum atomic E-state index is -0.0237. The molecular weight excluding hydrogens is 372 g/mol. The van der Waals surface area contributed by atoms with Crippen molar-refractivity contribution in [3.05, 3.63) is 54.1 Å². The summed E-state index contributed by atoms with van der Waals surface area (Å²) < 4.78 is 7.22. The van der Waals surface area contributed by atoms with Crippen LogP contribution < -0.4 is 10.1 Å². The molecule has 1 heterocycles. The lowest BCUT2D eigenvalue weighted by Crippen LogP contribution is -2.31. The van der Waals surface area contributed by atoms with Gasteiger partial charge >= 0.3 is 0 Å². The third kappa shape index (κ3) is 4.72. The van der Waals surface area contributed by atoms with Crippen LogP contribution in [0.4, 0.5) is 0 Å². The molecule has 0 radical (unpaired) electrons.